The molecule has 0 radical (unpaired) electrons. The van der Waals surface area contributed by atoms with Crippen molar-refractivity contribution in [1.29, 1.82) is 0 Å². The molecule has 0 aliphatic heterocycles. The van der Waals surface area contributed by atoms with Crippen molar-refractivity contribution in [2.24, 2.45) is 0 Å². The van der Waals surface area contributed by atoms with Crippen molar-refractivity contribution >= 4 is 22.0 Å². The zero-order valence-electron chi connectivity index (χ0n) is 16.8. The molecule has 0 saturated heterocycles. The summed E-state index contributed by atoms with van der Waals surface area (Å²) in [5, 5.41) is 5.57. The lowest BCUT2D eigenvalue weighted by Crippen LogP contribution is -2.45. The highest BCUT2D eigenvalue weighted by atomic mass is 32.2. The molecule has 30 heavy (non-hydrogen) atoms. The van der Waals surface area contributed by atoms with Crippen LogP contribution < -0.4 is 15.4 Å². The van der Waals surface area contributed by atoms with Gasteiger partial charge >= 0.3 is 6.03 Å². The summed E-state index contributed by atoms with van der Waals surface area (Å²) in [6, 6.07) is 14.6. The molecular formula is C22H27N3O4S. The molecule has 2 aromatic rings. The number of hydrogen-bond donors (Lipinski definition) is 3. The summed E-state index contributed by atoms with van der Waals surface area (Å²) >= 11 is 0. The zero-order valence-corrected chi connectivity index (χ0v) is 17.6. The average Bonchev–Trinajstić information content (AvgIpc) is 2.75. The molecule has 0 bridgehead atoms. The van der Waals surface area contributed by atoms with E-state index in [1.54, 1.807) is 36.4 Å². The van der Waals surface area contributed by atoms with Crippen LogP contribution in [0.1, 0.15) is 48.0 Å². The smallest absolute Gasteiger partial charge is 0.328 e. The molecule has 3 N–H and O–H groups in total. The van der Waals surface area contributed by atoms with Gasteiger partial charge in [-0.15, -0.1) is 0 Å². The Morgan fingerprint density at radius 1 is 0.900 bits per heavy atom. The molecule has 1 saturated carbocycles. The minimum absolute atomic E-state index is 0.0263. The Kier molecular flexibility index (Phi) is 7.46. The van der Waals surface area contributed by atoms with E-state index in [1.807, 2.05) is 6.07 Å². The van der Waals surface area contributed by atoms with Gasteiger partial charge in [0.1, 0.15) is 0 Å². The lowest BCUT2D eigenvalue weighted by Gasteiger charge is -2.22. The Bertz CT molecular complexity index is 954. The van der Waals surface area contributed by atoms with Crippen LogP contribution in [0.2, 0.25) is 0 Å². The molecule has 3 amide bonds. The summed E-state index contributed by atoms with van der Waals surface area (Å²) in [5.41, 5.74) is 1.48. The van der Waals surface area contributed by atoms with Gasteiger partial charge in [0.15, 0.2) is 0 Å². The van der Waals surface area contributed by atoms with Crippen LogP contribution in [0, 0.1) is 0 Å². The van der Waals surface area contributed by atoms with E-state index in [2.05, 4.69) is 15.4 Å². The molecule has 7 nitrogen and oxygen atoms in total. The van der Waals surface area contributed by atoms with Crippen LogP contribution in [0.15, 0.2) is 59.5 Å². The average molecular weight is 430 g/mol. The highest BCUT2D eigenvalue weighted by Crippen LogP contribution is 2.17. The van der Waals surface area contributed by atoms with Gasteiger partial charge in [0.2, 0.25) is 0 Å². The molecule has 0 aromatic heterocycles. The topological polar surface area (TPSA) is 104 Å². The van der Waals surface area contributed by atoms with E-state index in [1.165, 1.54) is 12.1 Å². The van der Waals surface area contributed by atoms with Gasteiger partial charge in [0.05, 0.1) is 4.90 Å². The van der Waals surface area contributed by atoms with E-state index in [-0.39, 0.29) is 16.8 Å². The standard InChI is InChI=1S/C22H27N3O4S/c26-21(18-7-3-1-4-8-18)23-16-15-17-11-13-20(14-12-17)30(28,29)25-22(27)24-19-9-5-2-6-10-19/h1,3-4,7-8,11-14,19H,2,5-6,9-10,15-16H2,(H,23,26)(H2,24,25,27). The molecular weight excluding hydrogens is 402 g/mol. The molecule has 0 spiro atoms. The number of amides is 3. The van der Waals surface area contributed by atoms with Crippen LogP contribution in [0.3, 0.4) is 0 Å². The van der Waals surface area contributed by atoms with Gasteiger partial charge in [0, 0.05) is 18.2 Å². The molecule has 2 aromatic carbocycles. The van der Waals surface area contributed by atoms with Crippen molar-refractivity contribution in [2.45, 2.75) is 49.5 Å². The van der Waals surface area contributed by atoms with Gasteiger partial charge < -0.3 is 10.6 Å². The van der Waals surface area contributed by atoms with E-state index in [4.69, 9.17) is 0 Å². The summed E-state index contributed by atoms with van der Waals surface area (Å²) in [7, 11) is -3.93. The number of sulfonamides is 1. The number of carbonyl (C=O) groups excluding carboxylic acids is 2. The number of carbonyl (C=O) groups is 2. The van der Waals surface area contributed by atoms with E-state index in [9.17, 15) is 18.0 Å². The van der Waals surface area contributed by atoms with Crippen LogP contribution in [0.5, 0.6) is 0 Å². The van der Waals surface area contributed by atoms with Crippen molar-refractivity contribution < 1.29 is 18.0 Å². The number of nitrogens with one attached hydrogen (secondary N) is 3. The Hall–Kier alpha value is -2.87. The molecule has 1 aliphatic carbocycles. The second-order valence-corrected chi connectivity index (χ2v) is 9.11. The van der Waals surface area contributed by atoms with Gasteiger partial charge in [-0.2, -0.15) is 0 Å². The van der Waals surface area contributed by atoms with Gasteiger partial charge in [0.25, 0.3) is 15.9 Å². The zero-order chi connectivity index (χ0) is 21.4. The van der Waals surface area contributed by atoms with Crippen molar-refractivity contribution in [3.8, 4) is 0 Å². The molecule has 1 fully saturated rings. The fourth-order valence-corrected chi connectivity index (χ4v) is 4.41. The quantitative estimate of drug-likeness (QED) is 0.629. The van der Waals surface area contributed by atoms with E-state index in [0.717, 1.165) is 37.7 Å². The largest absolute Gasteiger partial charge is 0.352 e. The fourth-order valence-electron chi connectivity index (χ4n) is 3.49. The third-order valence-electron chi connectivity index (χ3n) is 5.14. The minimum Gasteiger partial charge on any atom is -0.352 e. The maximum atomic E-state index is 12.4. The van der Waals surface area contributed by atoms with Gasteiger partial charge in [-0.05, 0) is 49.1 Å². The van der Waals surface area contributed by atoms with Gasteiger partial charge in [-0.1, -0.05) is 49.6 Å². The first kappa shape index (κ1) is 21.8. The van der Waals surface area contributed by atoms with Crippen molar-refractivity contribution in [3.63, 3.8) is 0 Å². The summed E-state index contributed by atoms with van der Waals surface area (Å²) in [6.07, 6.45) is 5.57. The minimum atomic E-state index is -3.93. The Balaban J connectivity index is 1.48. The third kappa shape index (κ3) is 6.32. The van der Waals surface area contributed by atoms with E-state index >= 15 is 0 Å². The molecule has 160 valence electrons. The molecule has 1 aliphatic rings. The Morgan fingerprint density at radius 3 is 2.23 bits per heavy atom. The van der Waals surface area contributed by atoms with Crippen LogP contribution in [0.25, 0.3) is 0 Å². The van der Waals surface area contributed by atoms with Crippen molar-refractivity contribution in [1.82, 2.24) is 15.4 Å². The van der Waals surface area contributed by atoms with E-state index < -0.39 is 16.1 Å². The predicted molar refractivity (Wildman–Crippen MR) is 115 cm³/mol. The summed E-state index contributed by atoms with van der Waals surface area (Å²) in [4.78, 5) is 24.1. The normalized spacial score (nSPS) is 14.7. The fraction of sp³-hybridized carbons (Fsp3) is 0.364. The second kappa shape index (κ2) is 10.2. The number of urea groups is 1. The second-order valence-electron chi connectivity index (χ2n) is 7.43. The first-order valence-corrected chi connectivity index (χ1v) is 11.7. The van der Waals surface area contributed by atoms with Crippen LogP contribution >= 0.6 is 0 Å². The lowest BCUT2D eigenvalue weighted by molar-refractivity contribution is 0.0954. The summed E-state index contributed by atoms with van der Waals surface area (Å²) in [6.45, 7) is 0.432. The molecule has 3 rings (SSSR count). The number of hydrogen-bond acceptors (Lipinski definition) is 4. The van der Waals surface area contributed by atoms with Crippen LogP contribution in [-0.4, -0.2) is 32.9 Å². The highest BCUT2D eigenvalue weighted by Gasteiger charge is 2.21. The Labute approximate surface area is 177 Å². The van der Waals surface area contributed by atoms with Gasteiger partial charge in [-0.3, -0.25) is 4.79 Å². The predicted octanol–water partition coefficient (Wildman–Crippen LogP) is 2.98. The molecule has 8 heteroatoms. The van der Waals surface area contributed by atoms with Crippen molar-refractivity contribution in [2.75, 3.05) is 6.54 Å². The van der Waals surface area contributed by atoms with Gasteiger partial charge in [-0.25, -0.2) is 17.9 Å². The first-order valence-electron chi connectivity index (χ1n) is 10.2. The number of benzene rings is 2. The van der Waals surface area contributed by atoms with Crippen molar-refractivity contribution in [3.05, 3.63) is 65.7 Å². The highest BCUT2D eigenvalue weighted by molar-refractivity contribution is 7.90. The van der Waals surface area contributed by atoms with E-state index in [0.29, 0.717) is 18.5 Å². The van der Waals surface area contributed by atoms with Crippen LogP contribution in [-0.2, 0) is 16.4 Å². The molecule has 0 unspecified atom stereocenters. The first-order chi connectivity index (χ1) is 14.4. The molecule has 0 atom stereocenters. The number of rotatable bonds is 7. The van der Waals surface area contributed by atoms with Crippen LogP contribution in [0.4, 0.5) is 4.79 Å². The lowest BCUT2D eigenvalue weighted by atomic mass is 9.96. The summed E-state index contributed by atoms with van der Waals surface area (Å²) < 4.78 is 26.9. The molecule has 0 heterocycles. The Morgan fingerprint density at radius 2 is 1.57 bits per heavy atom. The summed E-state index contributed by atoms with van der Waals surface area (Å²) in [5.74, 6) is -0.150. The monoisotopic (exact) mass is 429 g/mol. The third-order valence-corrected chi connectivity index (χ3v) is 6.48. The maximum Gasteiger partial charge on any atom is 0.328 e. The maximum absolute atomic E-state index is 12.4. The SMILES string of the molecule is O=C(NC1CCCCC1)NS(=O)(=O)c1ccc(CCNC(=O)c2ccccc2)cc1.